The third kappa shape index (κ3) is 3.74. The first-order valence-electron chi connectivity index (χ1n) is 8.56. The fourth-order valence-corrected chi connectivity index (χ4v) is 3.99. The molecule has 0 radical (unpaired) electrons. The SMILES string of the molecule is Cc1c(C(N)=O)sc2nc(C)n(CCCOc3ccc(C(=O)O)cc3)c(=O)c12. The van der Waals surface area contributed by atoms with Gasteiger partial charge in [0.15, 0.2) is 0 Å². The number of carbonyl (C=O) groups is 2. The van der Waals surface area contributed by atoms with Crippen LogP contribution in [0.15, 0.2) is 29.1 Å². The van der Waals surface area contributed by atoms with Gasteiger partial charge in [-0.25, -0.2) is 9.78 Å². The Balaban J connectivity index is 1.72. The molecule has 28 heavy (non-hydrogen) atoms. The van der Waals surface area contributed by atoms with Crippen molar-refractivity contribution in [1.29, 1.82) is 0 Å². The molecule has 0 aliphatic carbocycles. The minimum Gasteiger partial charge on any atom is -0.494 e. The van der Waals surface area contributed by atoms with Crippen LogP contribution in [0, 0.1) is 13.8 Å². The minimum atomic E-state index is -0.993. The lowest BCUT2D eigenvalue weighted by Crippen LogP contribution is -2.24. The summed E-state index contributed by atoms with van der Waals surface area (Å²) in [6.07, 6.45) is 0.556. The number of nitrogens with zero attached hydrogens (tertiary/aromatic N) is 2. The monoisotopic (exact) mass is 401 g/mol. The molecule has 0 aliphatic heterocycles. The second kappa shape index (κ2) is 7.81. The van der Waals surface area contributed by atoms with E-state index in [-0.39, 0.29) is 11.1 Å². The molecule has 0 spiro atoms. The molecule has 0 atom stereocenters. The molecule has 3 aromatic rings. The van der Waals surface area contributed by atoms with Gasteiger partial charge in [0.25, 0.3) is 11.5 Å². The molecule has 0 bridgehead atoms. The van der Waals surface area contributed by atoms with E-state index in [4.69, 9.17) is 15.6 Å². The summed E-state index contributed by atoms with van der Waals surface area (Å²) in [5.41, 5.74) is 5.92. The van der Waals surface area contributed by atoms with Crippen LogP contribution in [0.25, 0.3) is 10.2 Å². The normalized spacial score (nSPS) is 10.9. The van der Waals surface area contributed by atoms with Crippen molar-refractivity contribution < 1.29 is 19.4 Å². The third-order valence-corrected chi connectivity index (χ3v) is 5.56. The van der Waals surface area contributed by atoms with Crippen molar-refractivity contribution in [1.82, 2.24) is 9.55 Å². The van der Waals surface area contributed by atoms with Crippen LogP contribution >= 0.6 is 11.3 Å². The molecule has 0 aliphatic rings. The van der Waals surface area contributed by atoms with Gasteiger partial charge < -0.3 is 15.6 Å². The lowest BCUT2D eigenvalue weighted by molar-refractivity contribution is 0.0696. The fourth-order valence-electron chi connectivity index (χ4n) is 2.92. The van der Waals surface area contributed by atoms with Crippen LogP contribution in [0.1, 0.15) is 37.8 Å². The molecule has 1 aromatic carbocycles. The molecule has 9 heteroatoms. The number of carboxylic acid groups (broad SMARTS) is 1. The maximum Gasteiger partial charge on any atom is 0.335 e. The number of thiophene rings is 1. The molecule has 1 amide bonds. The van der Waals surface area contributed by atoms with E-state index in [1.807, 2.05) is 0 Å². The molecule has 146 valence electrons. The molecule has 2 aromatic heterocycles. The Kier molecular flexibility index (Phi) is 5.46. The van der Waals surface area contributed by atoms with Crippen molar-refractivity contribution in [3.63, 3.8) is 0 Å². The molecule has 0 unspecified atom stereocenters. The van der Waals surface area contributed by atoms with Crippen LogP contribution in [-0.4, -0.2) is 33.1 Å². The second-order valence-corrected chi connectivity index (χ2v) is 7.25. The molecule has 2 heterocycles. The van der Waals surface area contributed by atoms with E-state index in [1.165, 1.54) is 12.1 Å². The topological polar surface area (TPSA) is 125 Å². The highest BCUT2D eigenvalue weighted by atomic mass is 32.1. The molecule has 3 rings (SSSR count). The third-order valence-electron chi connectivity index (χ3n) is 4.36. The van der Waals surface area contributed by atoms with Crippen molar-refractivity contribution in [2.45, 2.75) is 26.8 Å². The Morgan fingerprint density at radius 2 is 1.93 bits per heavy atom. The summed E-state index contributed by atoms with van der Waals surface area (Å²) in [6, 6.07) is 6.13. The van der Waals surface area contributed by atoms with Gasteiger partial charge in [-0.15, -0.1) is 11.3 Å². The van der Waals surface area contributed by atoms with E-state index in [0.717, 1.165) is 11.3 Å². The average Bonchev–Trinajstić information content (AvgIpc) is 2.98. The molecule has 0 fully saturated rings. The Morgan fingerprint density at radius 3 is 2.54 bits per heavy atom. The van der Waals surface area contributed by atoms with Crippen LogP contribution < -0.4 is 16.0 Å². The number of nitrogens with two attached hydrogens (primary N) is 1. The highest BCUT2D eigenvalue weighted by molar-refractivity contribution is 7.20. The van der Waals surface area contributed by atoms with E-state index in [9.17, 15) is 14.4 Å². The van der Waals surface area contributed by atoms with Crippen LogP contribution in [-0.2, 0) is 6.54 Å². The first-order chi connectivity index (χ1) is 13.3. The van der Waals surface area contributed by atoms with E-state index in [1.54, 1.807) is 30.5 Å². The van der Waals surface area contributed by atoms with Crippen molar-refractivity contribution >= 4 is 33.4 Å². The number of aromatic nitrogens is 2. The maximum atomic E-state index is 12.9. The summed E-state index contributed by atoms with van der Waals surface area (Å²) in [7, 11) is 0. The van der Waals surface area contributed by atoms with Gasteiger partial charge in [0, 0.05) is 6.54 Å². The lowest BCUT2D eigenvalue weighted by atomic mass is 10.2. The van der Waals surface area contributed by atoms with Crippen LogP contribution in [0.4, 0.5) is 0 Å². The summed E-state index contributed by atoms with van der Waals surface area (Å²) >= 11 is 1.13. The van der Waals surface area contributed by atoms with Crippen LogP contribution in [0.3, 0.4) is 0 Å². The Bertz CT molecular complexity index is 1120. The number of carboxylic acids is 1. The number of benzene rings is 1. The summed E-state index contributed by atoms with van der Waals surface area (Å²) in [6.45, 7) is 4.20. The summed E-state index contributed by atoms with van der Waals surface area (Å²) < 4.78 is 7.16. The smallest absolute Gasteiger partial charge is 0.335 e. The molecule has 3 N–H and O–H groups in total. The van der Waals surface area contributed by atoms with Crippen molar-refractivity contribution in [2.24, 2.45) is 5.73 Å². The average molecular weight is 401 g/mol. The zero-order valence-corrected chi connectivity index (χ0v) is 16.2. The van der Waals surface area contributed by atoms with Crippen molar-refractivity contribution in [3.8, 4) is 5.75 Å². The molecular weight excluding hydrogens is 382 g/mol. The first-order valence-corrected chi connectivity index (χ1v) is 9.37. The summed E-state index contributed by atoms with van der Waals surface area (Å²) in [5, 5.41) is 9.32. The van der Waals surface area contributed by atoms with Crippen LogP contribution in [0.2, 0.25) is 0 Å². The highest BCUT2D eigenvalue weighted by Crippen LogP contribution is 2.26. The van der Waals surface area contributed by atoms with E-state index in [2.05, 4.69) is 4.98 Å². The number of fused-ring (bicyclic) bond motifs is 1. The number of ether oxygens (including phenoxy) is 1. The zero-order valence-electron chi connectivity index (χ0n) is 15.4. The van der Waals surface area contributed by atoms with Gasteiger partial charge in [-0.05, 0) is 50.1 Å². The zero-order chi connectivity index (χ0) is 20.4. The summed E-state index contributed by atoms with van der Waals surface area (Å²) in [5.74, 6) is -0.443. The van der Waals surface area contributed by atoms with Gasteiger partial charge in [-0.2, -0.15) is 0 Å². The number of aryl methyl sites for hydroxylation is 2. The van der Waals surface area contributed by atoms with Gasteiger partial charge >= 0.3 is 5.97 Å². The van der Waals surface area contributed by atoms with Gasteiger partial charge in [0.1, 0.15) is 16.4 Å². The van der Waals surface area contributed by atoms with E-state index < -0.39 is 11.9 Å². The van der Waals surface area contributed by atoms with E-state index >= 15 is 0 Å². The predicted octanol–water partition coefficient (Wildman–Crippen LogP) is 2.34. The predicted molar refractivity (Wildman–Crippen MR) is 105 cm³/mol. The number of primary amides is 1. The highest BCUT2D eigenvalue weighted by Gasteiger charge is 2.19. The number of rotatable bonds is 7. The minimum absolute atomic E-state index is 0.190. The quantitative estimate of drug-likeness (QED) is 0.586. The molecule has 8 nitrogen and oxygen atoms in total. The van der Waals surface area contributed by atoms with Gasteiger partial charge in [-0.1, -0.05) is 0 Å². The number of hydrogen-bond acceptors (Lipinski definition) is 6. The number of aromatic carboxylic acids is 1. The first kappa shape index (κ1) is 19.6. The Hall–Kier alpha value is -3.20. The largest absolute Gasteiger partial charge is 0.494 e. The van der Waals surface area contributed by atoms with Crippen molar-refractivity contribution in [2.75, 3.05) is 6.61 Å². The summed E-state index contributed by atoms with van der Waals surface area (Å²) in [4.78, 5) is 40.5. The van der Waals surface area contributed by atoms with Gasteiger partial charge in [0.2, 0.25) is 0 Å². The molecular formula is C19H19N3O5S. The molecule has 0 saturated heterocycles. The Labute approximate surface area is 164 Å². The van der Waals surface area contributed by atoms with Gasteiger partial charge in [-0.3, -0.25) is 14.2 Å². The number of hydrogen-bond donors (Lipinski definition) is 2. The maximum absolute atomic E-state index is 12.9. The van der Waals surface area contributed by atoms with Crippen LogP contribution in [0.5, 0.6) is 5.75 Å². The number of amides is 1. The second-order valence-electron chi connectivity index (χ2n) is 6.25. The molecule has 0 saturated carbocycles. The lowest BCUT2D eigenvalue weighted by Gasteiger charge is -2.10. The van der Waals surface area contributed by atoms with Gasteiger partial charge in [0.05, 0.1) is 22.4 Å². The van der Waals surface area contributed by atoms with E-state index in [0.29, 0.717) is 51.8 Å². The number of carbonyl (C=O) groups excluding carboxylic acids is 1. The standard InChI is InChI=1S/C19H19N3O5S/c1-10-14-17(28-15(10)16(20)23)21-11(2)22(18(14)24)8-3-9-27-13-6-4-12(5-7-13)19(25)26/h4-7H,3,8-9H2,1-2H3,(H2,20,23)(H,25,26). The fraction of sp³-hybridized carbons (Fsp3) is 0.263. The Morgan fingerprint density at radius 1 is 1.25 bits per heavy atom. The van der Waals surface area contributed by atoms with Crippen molar-refractivity contribution in [3.05, 3.63) is 56.4 Å².